The number of carboxylic acids is 1. The molecule has 0 atom stereocenters. The fraction of sp³-hybridized carbons (Fsp3) is 0.231. The van der Waals surface area contributed by atoms with Crippen LogP contribution in [-0.4, -0.2) is 16.1 Å². The average molecular weight is 250 g/mol. The maximum absolute atomic E-state index is 10.5. The molecular weight excluding hydrogens is 238 g/mol. The predicted molar refractivity (Wildman–Crippen MR) is 67.4 cm³/mol. The minimum absolute atomic E-state index is 0.103. The van der Waals surface area contributed by atoms with Crippen LogP contribution in [0.1, 0.15) is 17.7 Å². The Morgan fingerprint density at radius 3 is 2.88 bits per heavy atom. The molecule has 0 spiro atoms. The van der Waals surface area contributed by atoms with Crippen molar-refractivity contribution in [3.05, 3.63) is 40.5 Å². The van der Waals surface area contributed by atoms with Crippen LogP contribution in [-0.2, 0) is 11.2 Å². The molecule has 0 unspecified atom stereocenters. The zero-order valence-corrected chi connectivity index (χ0v) is 10.2. The van der Waals surface area contributed by atoms with Crippen LogP contribution in [0.3, 0.4) is 0 Å². The van der Waals surface area contributed by atoms with Crippen LogP contribution in [0.15, 0.2) is 24.3 Å². The lowest BCUT2D eigenvalue weighted by Crippen LogP contribution is -2.00. The van der Waals surface area contributed by atoms with Crippen molar-refractivity contribution in [2.45, 2.75) is 19.8 Å². The number of pyridine rings is 1. The minimum Gasteiger partial charge on any atom is -0.481 e. The molecule has 0 saturated heterocycles. The van der Waals surface area contributed by atoms with Gasteiger partial charge in [-0.05, 0) is 36.8 Å². The second-order valence-corrected chi connectivity index (χ2v) is 4.42. The molecule has 0 fully saturated rings. The Bertz CT molecular complexity index is 581. The minimum atomic E-state index is -0.805. The van der Waals surface area contributed by atoms with E-state index < -0.39 is 5.97 Å². The Labute approximate surface area is 104 Å². The molecule has 88 valence electrons. The van der Waals surface area contributed by atoms with Gasteiger partial charge in [0.1, 0.15) is 0 Å². The van der Waals surface area contributed by atoms with Gasteiger partial charge in [0.05, 0.1) is 11.9 Å². The predicted octanol–water partition coefficient (Wildman–Crippen LogP) is 3.21. The summed E-state index contributed by atoms with van der Waals surface area (Å²) in [6.45, 7) is 1.98. The van der Waals surface area contributed by atoms with E-state index in [2.05, 4.69) is 4.98 Å². The third-order valence-electron chi connectivity index (χ3n) is 2.63. The van der Waals surface area contributed by atoms with Gasteiger partial charge in [-0.1, -0.05) is 11.6 Å². The highest BCUT2D eigenvalue weighted by molar-refractivity contribution is 6.31. The number of rotatable bonds is 3. The monoisotopic (exact) mass is 249 g/mol. The van der Waals surface area contributed by atoms with Crippen LogP contribution in [0.25, 0.3) is 10.9 Å². The lowest BCUT2D eigenvalue weighted by molar-refractivity contribution is -0.136. The molecule has 1 aromatic carbocycles. The Kier molecular flexibility index (Phi) is 3.29. The van der Waals surface area contributed by atoms with Crippen molar-refractivity contribution in [2.75, 3.05) is 0 Å². The van der Waals surface area contributed by atoms with Crippen LogP contribution in [0.2, 0.25) is 5.02 Å². The molecule has 1 aromatic heterocycles. The van der Waals surface area contributed by atoms with Crippen molar-refractivity contribution in [3.8, 4) is 0 Å². The first-order valence-electron chi connectivity index (χ1n) is 5.34. The molecule has 2 rings (SSSR count). The molecule has 0 aliphatic carbocycles. The molecule has 0 radical (unpaired) electrons. The second-order valence-electron chi connectivity index (χ2n) is 3.99. The van der Waals surface area contributed by atoms with E-state index in [1.54, 1.807) is 6.07 Å². The molecule has 0 saturated carbocycles. The molecule has 0 aliphatic rings. The first kappa shape index (κ1) is 11.9. The molecular formula is C13H12ClNO2. The summed E-state index contributed by atoms with van der Waals surface area (Å²) in [5, 5.41) is 10.3. The van der Waals surface area contributed by atoms with Gasteiger partial charge in [0, 0.05) is 22.5 Å². The summed E-state index contributed by atoms with van der Waals surface area (Å²) in [4.78, 5) is 14.9. The third-order valence-corrected chi connectivity index (χ3v) is 2.86. The van der Waals surface area contributed by atoms with Gasteiger partial charge in [0.25, 0.3) is 0 Å². The standard InChI is InChI=1S/C13H12ClNO2/c1-8-6-10(3-5-13(16)17)15-12-4-2-9(14)7-11(8)12/h2,4,6-7H,3,5H2,1H3,(H,16,17). The van der Waals surface area contributed by atoms with Gasteiger partial charge in [-0.15, -0.1) is 0 Å². The van der Waals surface area contributed by atoms with E-state index in [1.165, 1.54) is 0 Å². The normalized spacial score (nSPS) is 10.7. The van der Waals surface area contributed by atoms with Crippen molar-refractivity contribution in [1.82, 2.24) is 4.98 Å². The van der Waals surface area contributed by atoms with Gasteiger partial charge in [-0.25, -0.2) is 0 Å². The molecule has 1 N–H and O–H groups in total. The number of aliphatic carboxylic acids is 1. The maximum atomic E-state index is 10.5. The highest BCUT2D eigenvalue weighted by Gasteiger charge is 2.05. The SMILES string of the molecule is Cc1cc(CCC(=O)O)nc2ccc(Cl)cc12. The molecule has 0 amide bonds. The van der Waals surface area contributed by atoms with Crippen molar-refractivity contribution in [2.24, 2.45) is 0 Å². The largest absolute Gasteiger partial charge is 0.481 e. The first-order valence-corrected chi connectivity index (χ1v) is 5.71. The van der Waals surface area contributed by atoms with Gasteiger partial charge < -0.3 is 5.11 Å². The number of benzene rings is 1. The number of aromatic nitrogens is 1. The quantitative estimate of drug-likeness (QED) is 0.909. The van der Waals surface area contributed by atoms with Crippen molar-refractivity contribution in [1.29, 1.82) is 0 Å². The van der Waals surface area contributed by atoms with Gasteiger partial charge in [-0.3, -0.25) is 9.78 Å². The van der Waals surface area contributed by atoms with E-state index in [9.17, 15) is 4.79 Å². The fourth-order valence-corrected chi connectivity index (χ4v) is 1.97. The Morgan fingerprint density at radius 2 is 2.18 bits per heavy atom. The number of carboxylic acid groups (broad SMARTS) is 1. The number of hydrogen-bond donors (Lipinski definition) is 1. The molecule has 2 aromatic rings. The summed E-state index contributed by atoms with van der Waals surface area (Å²) >= 11 is 5.93. The summed E-state index contributed by atoms with van der Waals surface area (Å²) in [6.07, 6.45) is 0.556. The van der Waals surface area contributed by atoms with E-state index in [1.807, 2.05) is 25.1 Å². The topological polar surface area (TPSA) is 50.2 Å². The van der Waals surface area contributed by atoms with Crippen LogP contribution in [0.4, 0.5) is 0 Å². The van der Waals surface area contributed by atoms with Crippen LogP contribution < -0.4 is 0 Å². The van der Waals surface area contributed by atoms with Crippen LogP contribution in [0, 0.1) is 6.92 Å². The van der Waals surface area contributed by atoms with E-state index in [-0.39, 0.29) is 6.42 Å². The first-order chi connectivity index (χ1) is 8.06. The Hall–Kier alpha value is -1.61. The number of hydrogen-bond acceptors (Lipinski definition) is 2. The Balaban J connectivity index is 2.41. The summed E-state index contributed by atoms with van der Waals surface area (Å²) < 4.78 is 0. The summed E-state index contributed by atoms with van der Waals surface area (Å²) in [5.74, 6) is -0.805. The summed E-state index contributed by atoms with van der Waals surface area (Å²) in [5.41, 5.74) is 2.73. The van der Waals surface area contributed by atoms with Crippen molar-refractivity contribution in [3.63, 3.8) is 0 Å². The fourth-order valence-electron chi connectivity index (χ4n) is 1.80. The zero-order chi connectivity index (χ0) is 12.4. The molecule has 17 heavy (non-hydrogen) atoms. The van der Waals surface area contributed by atoms with Crippen LogP contribution in [0.5, 0.6) is 0 Å². The van der Waals surface area contributed by atoms with E-state index in [4.69, 9.17) is 16.7 Å². The van der Waals surface area contributed by atoms with E-state index in [0.29, 0.717) is 11.4 Å². The summed E-state index contributed by atoms with van der Waals surface area (Å²) in [6, 6.07) is 7.44. The molecule has 0 aliphatic heterocycles. The highest BCUT2D eigenvalue weighted by atomic mass is 35.5. The zero-order valence-electron chi connectivity index (χ0n) is 9.40. The number of carbonyl (C=O) groups is 1. The van der Waals surface area contributed by atoms with Gasteiger partial charge in [0.2, 0.25) is 0 Å². The van der Waals surface area contributed by atoms with E-state index in [0.717, 1.165) is 22.2 Å². The van der Waals surface area contributed by atoms with Crippen molar-refractivity contribution < 1.29 is 9.90 Å². The maximum Gasteiger partial charge on any atom is 0.303 e. The molecule has 3 nitrogen and oxygen atoms in total. The third kappa shape index (κ3) is 2.74. The van der Waals surface area contributed by atoms with E-state index >= 15 is 0 Å². The lowest BCUT2D eigenvalue weighted by atomic mass is 10.1. The smallest absolute Gasteiger partial charge is 0.303 e. The molecule has 4 heteroatoms. The van der Waals surface area contributed by atoms with Gasteiger partial charge >= 0.3 is 5.97 Å². The average Bonchev–Trinajstić information content (AvgIpc) is 2.27. The number of nitrogens with zero attached hydrogens (tertiary/aromatic N) is 1. The Morgan fingerprint density at radius 1 is 1.41 bits per heavy atom. The highest BCUT2D eigenvalue weighted by Crippen LogP contribution is 2.22. The number of aryl methyl sites for hydroxylation is 2. The van der Waals surface area contributed by atoms with Crippen LogP contribution >= 0.6 is 11.6 Å². The van der Waals surface area contributed by atoms with Gasteiger partial charge in [-0.2, -0.15) is 0 Å². The second kappa shape index (κ2) is 4.72. The number of fused-ring (bicyclic) bond motifs is 1. The molecule has 0 bridgehead atoms. The summed E-state index contributed by atoms with van der Waals surface area (Å²) in [7, 11) is 0. The lowest BCUT2D eigenvalue weighted by Gasteiger charge is -2.06. The van der Waals surface area contributed by atoms with Crippen molar-refractivity contribution >= 4 is 28.5 Å². The van der Waals surface area contributed by atoms with Gasteiger partial charge in [0.15, 0.2) is 0 Å². The number of halogens is 1. The molecule has 1 heterocycles.